The Kier molecular flexibility index (Phi) is 6.08. The van der Waals surface area contributed by atoms with Crippen molar-refractivity contribution >= 4 is 17.0 Å². The van der Waals surface area contributed by atoms with Crippen LogP contribution in [0, 0.1) is 0 Å². The van der Waals surface area contributed by atoms with E-state index in [1.165, 1.54) is 7.11 Å². The minimum Gasteiger partial charge on any atom is -0.493 e. The number of halogens is 2. The van der Waals surface area contributed by atoms with E-state index in [0.717, 1.165) is 10.1 Å². The fourth-order valence-electron chi connectivity index (χ4n) is 2.91. The summed E-state index contributed by atoms with van der Waals surface area (Å²) in [5.74, 6) is 0.678. The van der Waals surface area contributed by atoms with E-state index in [1.807, 2.05) is 6.07 Å². The summed E-state index contributed by atoms with van der Waals surface area (Å²) in [6.45, 7) is -3.09. The second kappa shape index (κ2) is 8.69. The molecule has 1 heterocycles. The van der Waals surface area contributed by atoms with Gasteiger partial charge >= 0.3 is 12.5 Å². The predicted molar refractivity (Wildman–Crippen MR) is 98.6 cm³/mol. The zero-order valence-electron chi connectivity index (χ0n) is 15.5. The maximum absolute atomic E-state index is 13.4. The molecule has 0 atom stereocenters. The molecule has 0 saturated carbocycles. The van der Waals surface area contributed by atoms with Gasteiger partial charge in [0.25, 0.3) is 0 Å². The number of ether oxygens (including phenoxy) is 3. The van der Waals surface area contributed by atoms with E-state index in [1.54, 1.807) is 43.5 Å². The van der Waals surface area contributed by atoms with Crippen LogP contribution in [-0.2, 0) is 22.6 Å². The molecule has 0 aliphatic rings. The number of carbonyl (C=O) groups excluding carboxylic acids is 1. The fraction of sp³-hybridized carbons (Fsp3) is 0.300. The lowest BCUT2D eigenvalue weighted by atomic mass is 10.1. The van der Waals surface area contributed by atoms with Crippen LogP contribution in [0.5, 0.6) is 11.5 Å². The lowest BCUT2D eigenvalue weighted by molar-refractivity contribution is -0.145. The van der Waals surface area contributed by atoms with Gasteiger partial charge in [-0.3, -0.25) is 9.36 Å². The van der Waals surface area contributed by atoms with Gasteiger partial charge in [-0.2, -0.15) is 8.78 Å². The molecule has 3 rings (SSSR count). The number of methoxy groups -OCH3 is 2. The summed E-state index contributed by atoms with van der Waals surface area (Å²) in [6.07, 6.45) is 0.523. The lowest BCUT2D eigenvalue weighted by Gasteiger charge is -2.10. The van der Waals surface area contributed by atoms with Gasteiger partial charge in [-0.25, -0.2) is 4.98 Å². The smallest absolute Gasteiger partial charge is 0.320 e. The number of fused-ring (bicyclic) bond motifs is 1. The third-order valence-electron chi connectivity index (χ3n) is 4.29. The Balaban J connectivity index is 1.62. The van der Waals surface area contributed by atoms with Gasteiger partial charge in [0, 0.05) is 6.42 Å². The van der Waals surface area contributed by atoms with Gasteiger partial charge in [0.05, 0.1) is 25.3 Å². The molecule has 6 nitrogen and oxygen atoms in total. The van der Waals surface area contributed by atoms with Crippen molar-refractivity contribution in [3.05, 3.63) is 53.9 Å². The average Bonchev–Trinajstić information content (AvgIpc) is 3.09. The summed E-state index contributed by atoms with van der Waals surface area (Å²) in [7, 11) is 3.08. The Hall–Kier alpha value is -3.16. The second-order valence-corrected chi connectivity index (χ2v) is 6.01. The summed E-state index contributed by atoms with van der Waals surface area (Å²) in [5.41, 5.74) is 1.60. The number of rotatable bonds is 8. The van der Waals surface area contributed by atoms with Crippen LogP contribution in [-0.4, -0.2) is 29.7 Å². The Morgan fingerprint density at radius 2 is 1.86 bits per heavy atom. The molecule has 0 amide bonds. The molecule has 0 unspecified atom stereocenters. The molecule has 148 valence electrons. The summed E-state index contributed by atoms with van der Waals surface area (Å²) in [5, 5.41) is 0. The Bertz CT molecular complexity index is 972. The van der Waals surface area contributed by atoms with Gasteiger partial charge in [-0.1, -0.05) is 18.2 Å². The van der Waals surface area contributed by atoms with Crippen molar-refractivity contribution < 1.29 is 27.8 Å². The zero-order valence-corrected chi connectivity index (χ0v) is 15.5. The van der Waals surface area contributed by atoms with E-state index in [4.69, 9.17) is 14.2 Å². The number of aromatic nitrogens is 2. The molecule has 0 radical (unpaired) electrons. The number of nitrogens with zero attached hydrogens (tertiary/aromatic N) is 2. The summed E-state index contributed by atoms with van der Waals surface area (Å²) < 4.78 is 43.1. The van der Waals surface area contributed by atoms with Crippen LogP contribution in [0.2, 0.25) is 0 Å². The van der Waals surface area contributed by atoms with Gasteiger partial charge in [-0.05, 0) is 36.2 Å². The quantitative estimate of drug-likeness (QED) is 0.542. The highest BCUT2D eigenvalue weighted by Gasteiger charge is 2.18. The minimum absolute atomic E-state index is 0.00988. The first-order chi connectivity index (χ1) is 13.5. The topological polar surface area (TPSA) is 62.6 Å². The van der Waals surface area contributed by atoms with E-state index >= 15 is 0 Å². The van der Waals surface area contributed by atoms with E-state index in [2.05, 4.69) is 4.98 Å². The number of esters is 1. The standard InChI is InChI=1S/C20H20F2N2O4/c1-26-16-9-7-13(11-17(16)27-2)8-10-19(25)28-12-18-23-14-5-3-4-6-15(14)24(18)20(21)22/h3-7,9,11,20H,8,10,12H2,1-2H3. The molecule has 8 heteroatoms. The SMILES string of the molecule is COc1ccc(CCC(=O)OCc2nc3ccccc3n2C(F)F)cc1OC. The van der Waals surface area contributed by atoms with Crippen molar-refractivity contribution in [2.45, 2.75) is 26.0 Å². The largest absolute Gasteiger partial charge is 0.493 e. The molecule has 0 spiro atoms. The molecule has 1 aromatic heterocycles. The summed E-state index contributed by atoms with van der Waals surface area (Å²) >= 11 is 0. The normalized spacial score (nSPS) is 11.0. The molecule has 0 aliphatic carbocycles. The third-order valence-corrected chi connectivity index (χ3v) is 4.29. The molecule has 0 aliphatic heterocycles. The minimum atomic E-state index is -2.77. The number of alkyl halides is 2. The Labute approximate surface area is 160 Å². The fourth-order valence-corrected chi connectivity index (χ4v) is 2.91. The van der Waals surface area contributed by atoms with Gasteiger partial charge in [-0.15, -0.1) is 0 Å². The molecule has 0 N–H and O–H groups in total. The highest BCUT2D eigenvalue weighted by atomic mass is 19.3. The zero-order chi connectivity index (χ0) is 20.1. The maximum atomic E-state index is 13.4. The van der Waals surface area contributed by atoms with Crippen LogP contribution in [0.1, 0.15) is 24.4 Å². The van der Waals surface area contributed by atoms with Crippen LogP contribution >= 0.6 is 0 Å². The maximum Gasteiger partial charge on any atom is 0.320 e. The number of carbonyl (C=O) groups is 1. The first-order valence-corrected chi connectivity index (χ1v) is 8.64. The van der Waals surface area contributed by atoms with Gasteiger partial charge in [0.2, 0.25) is 0 Å². The number of hydrogen-bond donors (Lipinski definition) is 0. The van der Waals surface area contributed by atoms with Crippen molar-refractivity contribution in [3.63, 3.8) is 0 Å². The van der Waals surface area contributed by atoms with Crippen molar-refractivity contribution in [1.82, 2.24) is 9.55 Å². The first kappa shape index (κ1) is 19.6. The highest BCUT2D eigenvalue weighted by molar-refractivity contribution is 5.76. The number of benzene rings is 2. The van der Waals surface area contributed by atoms with E-state index in [-0.39, 0.29) is 18.9 Å². The monoisotopic (exact) mass is 390 g/mol. The molecule has 28 heavy (non-hydrogen) atoms. The molecule has 0 saturated heterocycles. The first-order valence-electron chi connectivity index (χ1n) is 8.64. The number of hydrogen-bond acceptors (Lipinski definition) is 5. The highest BCUT2D eigenvalue weighted by Crippen LogP contribution is 2.28. The van der Waals surface area contributed by atoms with Crippen LogP contribution < -0.4 is 9.47 Å². The van der Waals surface area contributed by atoms with Crippen LogP contribution in [0.4, 0.5) is 8.78 Å². The van der Waals surface area contributed by atoms with Gasteiger partial charge in [0.1, 0.15) is 6.61 Å². The number of para-hydroxylation sites is 2. The van der Waals surface area contributed by atoms with Gasteiger partial charge in [0.15, 0.2) is 17.3 Å². The average molecular weight is 390 g/mol. The van der Waals surface area contributed by atoms with Crippen molar-refractivity contribution in [1.29, 1.82) is 0 Å². The van der Waals surface area contributed by atoms with Crippen molar-refractivity contribution in [2.75, 3.05) is 14.2 Å². The van der Waals surface area contributed by atoms with Crippen LogP contribution in [0.25, 0.3) is 11.0 Å². The second-order valence-electron chi connectivity index (χ2n) is 6.01. The molecule has 0 bridgehead atoms. The predicted octanol–water partition coefficient (Wildman–Crippen LogP) is 4.12. The van der Waals surface area contributed by atoms with E-state index < -0.39 is 12.5 Å². The Morgan fingerprint density at radius 3 is 2.57 bits per heavy atom. The van der Waals surface area contributed by atoms with Gasteiger partial charge < -0.3 is 14.2 Å². The molecule has 0 fully saturated rings. The molecule has 3 aromatic rings. The van der Waals surface area contributed by atoms with E-state index in [0.29, 0.717) is 29.0 Å². The molecular weight excluding hydrogens is 370 g/mol. The summed E-state index contributed by atoms with van der Waals surface area (Å²) in [6, 6.07) is 11.9. The van der Waals surface area contributed by atoms with Crippen LogP contribution in [0.3, 0.4) is 0 Å². The van der Waals surface area contributed by atoms with Crippen molar-refractivity contribution in [3.8, 4) is 11.5 Å². The number of aryl methyl sites for hydroxylation is 1. The Morgan fingerprint density at radius 1 is 1.11 bits per heavy atom. The third kappa shape index (κ3) is 4.21. The van der Waals surface area contributed by atoms with Crippen molar-refractivity contribution in [2.24, 2.45) is 0 Å². The molecular formula is C20H20F2N2O4. The summed E-state index contributed by atoms with van der Waals surface area (Å²) in [4.78, 5) is 16.2. The number of imidazole rings is 1. The van der Waals surface area contributed by atoms with Crippen LogP contribution in [0.15, 0.2) is 42.5 Å². The lowest BCUT2D eigenvalue weighted by Crippen LogP contribution is -2.11. The molecule has 2 aromatic carbocycles. The van der Waals surface area contributed by atoms with E-state index in [9.17, 15) is 13.6 Å².